The summed E-state index contributed by atoms with van der Waals surface area (Å²) < 4.78 is 42.3. The number of carbonyl (C=O) groups excluding carboxylic acids is 2. The molecule has 0 aliphatic carbocycles. The molecule has 5 nitrogen and oxygen atoms in total. The fourth-order valence-corrected chi connectivity index (χ4v) is 1.90. The molecule has 1 atom stereocenters. The van der Waals surface area contributed by atoms with Crippen LogP contribution in [0.1, 0.15) is 19.8 Å². The molecule has 0 bridgehead atoms. The van der Waals surface area contributed by atoms with Crippen molar-refractivity contribution in [3.05, 3.63) is 0 Å². The molecule has 110 valence electrons. The Morgan fingerprint density at radius 1 is 1.42 bits per heavy atom. The number of likely N-dealkylation sites (tertiary alicyclic amines) is 1. The molecule has 2 amide bonds. The zero-order valence-electron chi connectivity index (χ0n) is 10.6. The molecule has 1 fully saturated rings. The lowest BCUT2D eigenvalue weighted by atomic mass is 9.98. The van der Waals surface area contributed by atoms with Crippen molar-refractivity contribution in [1.82, 2.24) is 10.2 Å². The number of piperidine rings is 1. The Bertz CT molecular complexity index is 334. The second-order valence-electron chi connectivity index (χ2n) is 4.29. The van der Waals surface area contributed by atoms with E-state index in [2.05, 4.69) is 10.1 Å². The fraction of sp³-hybridized carbons (Fsp3) is 0.818. The van der Waals surface area contributed by atoms with E-state index in [1.54, 1.807) is 6.92 Å². The van der Waals surface area contributed by atoms with Crippen molar-refractivity contribution in [2.75, 3.05) is 26.2 Å². The maximum Gasteiger partial charge on any atom is 0.393 e. The van der Waals surface area contributed by atoms with Gasteiger partial charge in [0.2, 0.25) is 0 Å². The summed E-state index contributed by atoms with van der Waals surface area (Å²) in [5.41, 5.74) is 0. The summed E-state index contributed by atoms with van der Waals surface area (Å²) in [6.07, 6.45) is -3.96. The summed E-state index contributed by atoms with van der Waals surface area (Å²) in [5, 5.41) is 2.25. The molecule has 1 aliphatic rings. The molecule has 0 spiro atoms. The van der Waals surface area contributed by atoms with Crippen LogP contribution < -0.4 is 5.32 Å². The van der Waals surface area contributed by atoms with Gasteiger partial charge in [-0.3, -0.25) is 4.79 Å². The minimum atomic E-state index is -4.29. The summed E-state index contributed by atoms with van der Waals surface area (Å²) in [6.45, 7) is 1.38. The lowest BCUT2D eigenvalue weighted by molar-refractivity contribution is -0.184. The maximum absolute atomic E-state index is 12.6. The number of hydrogen-bond donors (Lipinski definition) is 1. The molecule has 1 heterocycles. The molecule has 0 saturated carbocycles. The summed E-state index contributed by atoms with van der Waals surface area (Å²) in [6, 6.07) is -0.665. The molecule has 0 aromatic heterocycles. The molecule has 1 unspecified atom stereocenters. The van der Waals surface area contributed by atoms with Crippen LogP contribution in [0.25, 0.3) is 0 Å². The third-order valence-corrected chi connectivity index (χ3v) is 2.86. The summed E-state index contributed by atoms with van der Waals surface area (Å²) in [7, 11) is 0. The van der Waals surface area contributed by atoms with Gasteiger partial charge < -0.3 is 15.0 Å². The molecule has 1 aliphatic heterocycles. The van der Waals surface area contributed by atoms with Crippen LogP contribution in [0, 0.1) is 5.92 Å². The van der Waals surface area contributed by atoms with Crippen LogP contribution >= 0.6 is 0 Å². The van der Waals surface area contributed by atoms with Crippen LogP contribution in [-0.4, -0.2) is 49.3 Å². The van der Waals surface area contributed by atoms with Crippen molar-refractivity contribution in [2.24, 2.45) is 5.92 Å². The third-order valence-electron chi connectivity index (χ3n) is 2.86. The first-order chi connectivity index (χ1) is 8.84. The maximum atomic E-state index is 12.6. The predicted molar refractivity (Wildman–Crippen MR) is 60.4 cm³/mol. The first kappa shape index (κ1) is 15.6. The number of amides is 2. The number of ether oxygens (including phenoxy) is 1. The van der Waals surface area contributed by atoms with Crippen molar-refractivity contribution in [3.63, 3.8) is 0 Å². The van der Waals surface area contributed by atoms with E-state index in [0.717, 1.165) is 4.90 Å². The smallest absolute Gasteiger partial charge is 0.393 e. The van der Waals surface area contributed by atoms with E-state index in [1.807, 2.05) is 0 Å². The summed E-state index contributed by atoms with van der Waals surface area (Å²) in [4.78, 5) is 23.7. The van der Waals surface area contributed by atoms with Gasteiger partial charge in [0.05, 0.1) is 12.5 Å². The highest BCUT2D eigenvalue weighted by Gasteiger charge is 2.42. The van der Waals surface area contributed by atoms with Crippen LogP contribution in [0.4, 0.5) is 18.0 Å². The first-order valence-corrected chi connectivity index (χ1v) is 6.09. The van der Waals surface area contributed by atoms with Gasteiger partial charge in [-0.1, -0.05) is 0 Å². The van der Waals surface area contributed by atoms with Crippen molar-refractivity contribution in [2.45, 2.75) is 25.9 Å². The molecule has 0 aromatic rings. The highest BCUT2D eigenvalue weighted by Crippen LogP contribution is 2.32. The second kappa shape index (κ2) is 6.63. The number of alkyl halides is 3. The average molecular weight is 282 g/mol. The van der Waals surface area contributed by atoms with E-state index in [0.29, 0.717) is 6.42 Å². The number of rotatable bonds is 3. The minimum Gasteiger partial charge on any atom is -0.465 e. The van der Waals surface area contributed by atoms with Gasteiger partial charge in [-0.25, -0.2) is 4.79 Å². The van der Waals surface area contributed by atoms with Crippen LogP contribution in [0.3, 0.4) is 0 Å². The normalized spacial score (nSPS) is 20.0. The predicted octanol–water partition coefficient (Wildman–Crippen LogP) is 1.53. The van der Waals surface area contributed by atoms with Crippen molar-refractivity contribution >= 4 is 12.0 Å². The van der Waals surface area contributed by atoms with E-state index in [9.17, 15) is 22.8 Å². The molecule has 1 N–H and O–H groups in total. The van der Waals surface area contributed by atoms with Gasteiger partial charge in [0.15, 0.2) is 0 Å². The SMILES string of the molecule is CCOC(=O)CNC(=O)N1CCCC(C(F)(F)F)C1. The van der Waals surface area contributed by atoms with Gasteiger partial charge in [-0.15, -0.1) is 0 Å². The van der Waals surface area contributed by atoms with Crippen LogP contribution in [-0.2, 0) is 9.53 Å². The first-order valence-electron chi connectivity index (χ1n) is 6.09. The lowest BCUT2D eigenvalue weighted by Gasteiger charge is -2.33. The molecule has 1 rings (SSSR count). The molecular formula is C11H17F3N2O3. The number of esters is 1. The highest BCUT2D eigenvalue weighted by molar-refractivity contribution is 5.80. The number of nitrogens with one attached hydrogen (secondary N) is 1. The number of nitrogens with zero attached hydrogens (tertiary/aromatic N) is 1. The third kappa shape index (κ3) is 4.96. The number of urea groups is 1. The molecule has 0 radical (unpaired) electrons. The minimum absolute atomic E-state index is 0.0329. The Balaban J connectivity index is 2.42. The highest BCUT2D eigenvalue weighted by atomic mass is 19.4. The van der Waals surface area contributed by atoms with E-state index in [-0.39, 0.29) is 32.7 Å². The van der Waals surface area contributed by atoms with Gasteiger partial charge >= 0.3 is 18.2 Å². The molecular weight excluding hydrogens is 265 g/mol. The molecule has 8 heteroatoms. The summed E-state index contributed by atoms with van der Waals surface area (Å²) in [5.74, 6) is -2.10. The zero-order chi connectivity index (χ0) is 14.5. The van der Waals surface area contributed by atoms with Gasteiger partial charge in [-0.2, -0.15) is 13.2 Å². The van der Waals surface area contributed by atoms with Crippen LogP contribution in [0.15, 0.2) is 0 Å². The van der Waals surface area contributed by atoms with Gasteiger partial charge in [0.1, 0.15) is 6.54 Å². The second-order valence-corrected chi connectivity index (χ2v) is 4.29. The van der Waals surface area contributed by atoms with Gasteiger partial charge in [-0.05, 0) is 19.8 Å². The van der Waals surface area contributed by atoms with E-state index < -0.39 is 24.1 Å². The number of halogens is 3. The number of carbonyl (C=O) groups is 2. The Hall–Kier alpha value is -1.47. The van der Waals surface area contributed by atoms with Gasteiger partial charge in [0.25, 0.3) is 0 Å². The Labute approximate surface area is 109 Å². The van der Waals surface area contributed by atoms with E-state index in [4.69, 9.17) is 0 Å². The molecule has 1 saturated heterocycles. The number of hydrogen-bond acceptors (Lipinski definition) is 3. The molecule has 19 heavy (non-hydrogen) atoms. The Morgan fingerprint density at radius 2 is 2.11 bits per heavy atom. The lowest BCUT2D eigenvalue weighted by Crippen LogP contribution is -2.49. The average Bonchev–Trinajstić information content (AvgIpc) is 2.35. The monoisotopic (exact) mass is 282 g/mol. The van der Waals surface area contributed by atoms with Gasteiger partial charge in [0, 0.05) is 13.1 Å². The van der Waals surface area contributed by atoms with E-state index >= 15 is 0 Å². The summed E-state index contributed by atoms with van der Waals surface area (Å²) >= 11 is 0. The van der Waals surface area contributed by atoms with E-state index in [1.165, 1.54) is 0 Å². The Morgan fingerprint density at radius 3 is 2.68 bits per heavy atom. The van der Waals surface area contributed by atoms with Crippen molar-refractivity contribution in [3.8, 4) is 0 Å². The largest absolute Gasteiger partial charge is 0.465 e. The van der Waals surface area contributed by atoms with Crippen LogP contribution in [0.2, 0.25) is 0 Å². The van der Waals surface area contributed by atoms with Crippen molar-refractivity contribution < 1.29 is 27.5 Å². The zero-order valence-corrected chi connectivity index (χ0v) is 10.6. The topological polar surface area (TPSA) is 58.6 Å². The quantitative estimate of drug-likeness (QED) is 0.799. The molecule has 0 aromatic carbocycles. The fourth-order valence-electron chi connectivity index (χ4n) is 1.90. The van der Waals surface area contributed by atoms with Crippen LogP contribution in [0.5, 0.6) is 0 Å². The Kier molecular flexibility index (Phi) is 5.44. The van der Waals surface area contributed by atoms with Crippen molar-refractivity contribution in [1.29, 1.82) is 0 Å². The standard InChI is InChI=1S/C11H17F3N2O3/c1-2-19-9(17)6-15-10(18)16-5-3-4-8(7-16)11(12,13)14/h8H,2-7H2,1H3,(H,15,18).